The van der Waals surface area contributed by atoms with E-state index in [1.165, 1.54) is 4.90 Å². The van der Waals surface area contributed by atoms with E-state index in [2.05, 4.69) is 11.7 Å². The molecule has 0 unspecified atom stereocenters. The predicted octanol–water partition coefficient (Wildman–Crippen LogP) is 1.49. The Bertz CT molecular complexity index is 578. The van der Waals surface area contributed by atoms with E-state index in [0.717, 1.165) is 5.69 Å². The van der Waals surface area contributed by atoms with Gasteiger partial charge in [0.05, 0.1) is 12.3 Å². The molecule has 0 saturated carbocycles. The van der Waals surface area contributed by atoms with Gasteiger partial charge in [-0.05, 0) is 18.2 Å². The average Bonchev–Trinajstić information content (AvgIpc) is 2.97. The zero-order valence-electron chi connectivity index (χ0n) is 11.1. The monoisotopic (exact) mass is 271 g/mol. The number of amides is 1. The Morgan fingerprint density at radius 3 is 2.75 bits per heavy atom. The largest absolute Gasteiger partial charge is 0.395 e. The molecule has 0 atom stereocenters. The summed E-state index contributed by atoms with van der Waals surface area (Å²) < 4.78 is 1.65. The fraction of sp³-hybridized carbons (Fsp3) is 0.200. The number of aliphatic hydroxyl groups is 1. The topological polar surface area (TPSA) is 58.4 Å². The van der Waals surface area contributed by atoms with Crippen LogP contribution in [0.25, 0.3) is 5.69 Å². The molecular weight excluding hydrogens is 254 g/mol. The lowest BCUT2D eigenvalue weighted by Crippen LogP contribution is -2.34. The molecule has 0 saturated heterocycles. The summed E-state index contributed by atoms with van der Waals surface area (Å²) in [4.78, 5) is 13.8. The number of hydrogen-bond donors (Lipinski definition) is 1. The second-order valence-corrected chi connectivity index (χ2v) is 4.24. The standard InChI is InChI=1S/C15H17N3O2/c1-2-9-17(11-12-19)15(20)14-8-10-18(16-14)13-6-4-3-5-7-13/h2-8,10,19H,1,9,11-12H2. The zero-order chi connectivity index (χ0) is 14.4. The minimum absolute atomic E-state index is 0.0844. The van der Waals surface area contributed by atoms with E-state index in [9.17, 15) is 4.79 Å². The first kappa shape index (κ1) is 14.0. The van der Waals surface area contributed by atoms with Gasteiger partial charge >= 0.3 is 0 Å². The highest BCUT2D eigenvalue weighted by atomic mass is 16.3. The number of carbonyl (C=O) groups is 1. The normalized spacial score (nSPS) is 10.2. The Morgan fingerprint density at radius 1 is 1.35 bits per heavy atom. The number of nitrogens with zero attached hydrogens (tertiary/aromatic N) is 3. The molecule has 1 aromatic carbocycles. The third-order valence-corrected chi connectivity index (χ3v) is 2.84. The van der Waals surface area contributed by atoms with Crippen molar-refractivity contribution < 1.29 is 9.90 Å². The van der Waals surface area contributed by atoms with Crippen LogP contribution in [0.5, 0.6) is 0 Å². The molecule has 1 heterocycles. The lowest BCUT2D eigenvalue weighted by atomic mass is 10.3. The molecule has 2 aromatic rings. The molecule has 104 valence electrons. The average molecular weight is 271 g/mol. The fourth-order valence-electron chi connectivity index (χ4n) is 1.88. The molecule has 0 spiro atoms. The minimum Gasteiger partial charge on any atom is -0.395 e. The summed E-state index contributed by atoms with van der Waals surface area (Å²) in [6, 6.07) is 11.2. The second-order valence-electron chi connectivity index (χ2n) is 4.24. The number of benzene rings is 1. The highest BCUT2D eigenvalue weighted by Crippen LogP contribution is 2.08. The van der Waals surface area contributed by atoms with Crippen LogP contribution in [-0.4, -0.2) is 45.4 Å². The number of hydrogen-bond acceptors (Lipinski definition) is 3. The van der Waals surface area contributed by atoms with Crippen LogP contribution >= 0.6 is 0 Å². The Hall–Kier alpha value is -2.40. The Balaban J connectivity index is 2.19. The summed E-state index contributed by atoms with van der Waals surface area (Å²) in [5.74, 6) is -0.214. The lowest BCUT2D eigenvalue weighted by Gasteiger charge is -2.18. The first-order valence-corrected chi connectivity index (χ1v) is 6.38. The van der Waals surface area contributed by atoms with Gasteiger partial charge in [-0.1, -0.05) is 24.3 Å². The van der Waals surface area contributed by atoms with Crippen molar-refractivity contribution >= 4 is 5.91 Å². The van der Waals surface area contributed by atoms with E-state index >= 15 is 0 Å². The van der Waals surface area contributed by atoms with E-state index in [-0.39, 0.29) is 19.1 Å². The van der Waals surface area contributed by atoms with Gasteiger partial charge in [0.1, 0.15) is 0 Å². The smallest absolute Gasteiger partial charge is 0.274 e. The molecule has 5 heteroatoms. The van der Waals surface area contributed by atoms with E-state index in [4.69, 9.17) is 5.11 Å². The number of aromatic nitrogens is 2. The van der Waals surface area contributed by atoms with Crippen molar-refractivity contribution in [1.82, 2.24) is 14.7 Å². The molecule has 1 aromatic heterocycles. The van der Waals surface area contributed by atoms with E-state index in [1.54, 1.807) is 23.0 Å². The van der Waals surface area contributed by atoms with E-state index in [1.807, 2.05) is 30.3 Å². The molecule has 0 aliphatic rings. The summed E-state index contributed by atoms with van der Waals surface area (Å²) in [6.45, 7) is 4.18. The van der Waals surface area contributed by atoms with Crippen LogP contribution in [0, 0.1) is 0 Å². The predicted molar refractivity (Wildman–Crippen MR) is 76.8 cm³/mol. The maximum absolute atomic E-state index is 12.3. The van der Waals surface area contributed by atoms with Crippen molar-refractivity contribution in [3.63, 3.8) is 0 Å². The maximum atomic E-state index is 12.3. The summed E-state index contributed by atoms with van der Waals surface area (Å²) in [5.41, 5.74) is 1.24. The number of aliphatic hydroxyl groups excluding tert-OH is 1. The summed E-state index contributed by atoms with van der Waals surface area (Å²) >= 11 is 0. The van der Waals surface area contributed by atoms with Gasteiger partial charge in [-0.15, -0.1) is 6.58 Å². The highest BCUT2D eigenvalue weighted by molar-refractivity contribution is 5.92. The van der Waals surface area contributed by atoms with Crippen molar-refractivity contribution in [2.75, 3.05) is 19.7 Å². The molecule has 20 heavy (non-hydrogen) atoms. The summed E-state index contributed by atoms with van der Waals surface area (Å²) in [5, 5.41) is 13.3. The Kier molecular flexibility index (Phi) is 4.68. The van der Waals surface area contributed by atoms with Gasteiger partial charge in [0.25, 0.3) is 5.91 Å². The van der Waals surface area contributed by atoms with Gasteiger partial charge in [0.15, 0.2) is 5.69 Å². The Morgan fingerprint density at radius 2 is 2.10 bits per heavy atom. The van der Waals surface area contributed by atoms with Crippen LogP contribution in [-0.2, 0) is 0 Å². The quantitative estimate of drug-likeness (QED) is 0.810. The minimum atomic E-state index is -0.214. The van der Waals surface area contributed by atoms with Crippen molar-refractivity contribution in [3.8, 4) is 5.69 Å². The summed E-state index contributed by atoms with van der Waals surface area (Å²) in [6.07, 6.45) is 3.37. The van der Waals surface area contributed by atoms with Gasteiger partial charge in [-0.25, -0.2) is 4.68 Å². The molecule has 1 N–H and O–H groups in total. The molecule has 5 nitrogen and oxygen atoms in total. The molecule has 2 rings (SSSR count). The first-order valence-electron chi connectivity index (χ1n) is 6.38. The van der Waals surface area contributed by atoms with Crippen molar-refractivity contribution in [3.05, 3.63) is 60.9 Å². The van der Waals surface area contributed by atoms with E-state index < -0.39 is 0 Å². The molecule has 0 fully saturated rings. The first-order chi connectivity index (χ1) is 9.76. The molecule has 0 aliphatic heterocycles. The molecular formula is C15H17N3O2. The van der Waals surface area contributed by atoms with Crippen LogP contribution in [0.4, 0.5) is 0 Å². The second kappa shape index (κ2) is 6.68. The van der Waals surface area contributed by atoms with Gasteiger partial charge in [-0.3, -0.25) is 4.79 Å². The van der Waals surface area contributed by atoms with Gasteiger partial charge in [-0.2, -0.15) is 5.10 Å². The zero-order valence-corrected chi connectivity index (χ0v) is 11.1. The lowest BCUT2D eigenvalue weighted by molar-refractivity contribution is 0.0736. The highest BCUT2D eigenvalue weighted by Gasteiger charge is 2.17. The molecule has 0 aliphatic carbocycles. The van der Waals surface area contributed by atoms with E-state index in [0.29, 0.717) is 12.2 Å². The van der Waals surface area contributed by atoms with Crippen molar-refractivity contribution in [2.45, 2.75) is 0 Å². The van der Waals surface area contributed by atoms with Crippen LogP contribution in [0.15, 0.2) is 55.3 Å². The third-order valence-electron chi connectivity index (χ3n) is 2.84. The van der Waals surface area contributed by atoms with Crippen LogP contribution in [0.3, 0.4) is 0 Å². The number of para-hydroxylation sites is 1. The van der Waals surface area contributed by atoms with Crippen molar-refractivity contribution in [2.24, 2.45) is 0 Å². The van der Waals surface area contributed by atoms with Gasteiger partial charge < -0.3 is 10.0 Å². The van der Waals surface area contributed by atoms with Crippen LogP contribution in [0.1, 0.15) is 10.5 Å². The molecule has 0 bridgehead atoms. The van der Waals surface area contributed by atoms with Crippen LogP contribution < -0.4 is 0 Å². The number of carbonyl (C=O) groups excluding carboxylic acids is 1. The van der Waals surface area contributed by atoms with Gasteiger partial charge in [0, 0.05) is 19.3 Å². The van der Waals surface area contributed by atoms with Gasteiger partial charge in [0.2, 0.25) is 0 Å². The maximum Gasteiger partial charge on any atom is 0.274 e. The third kappa shape index (κ3) is 3.13. The molecule has 1 amide bonds. The Labute approximate surface area is 117 Å². The van der Waals surface area contributed by atoms with Crippen molar-refractivity contribution in [1.29, 1.82) is 0 Å². The fourth-order valence-corrected chi connectivity index (χ4v) is 1.88. The number of rotatable bonds is 6. The summed E-state index contributed by atoms with van der Waals surface area (Å²) in [7, 11) is 0. The molecule has 0 radical (unpaired) electrons. The van der Waals surface area contributed by atoms with Crippen LogP contribution in [0.2, 0.25) is 0 Å². The SMILES string of the molecule is C=CCN(CCO)C(=O)c1ccn(-c2ccccc2)n1.